The normalized spacial score (nSPS) is 11.5. The van der Waals surface area contributed by atoms with Crippen molar-refractivity contribution in [2.45, 2.75) is 46.3 Å². The molecular weight excluding hydrogens is 376 g/mol. The minimum absolute atomic E-state index is 0.246. The molecule has 0 radical (unpaired) electrons. The van der Waals surface area contributed by atoms with Crippen molar-refractivity contribution < 1.29 is 9.53 Å². The summed E-state index contributed by atoms with van der Waals surface area (Å²) in [4.78, 5) is 22.2. The number of nitrogens with zero attached hydrogens (tertiary/aromatic N) is 3. The first-order valence-electron chi connectivity index (χ1n) is 9.54. The molecule has 6 nitrogen and oxygen atoms in total. The van der Waals surface area contributed by atoms with Gasteiger partial charge in [0.15, 0.2) is 0 Å². The van der Waals surface area contributed by atoms with E-state index in [1.165, 1.54) is 5.56 Å². The van der Waals surface area contributed by atoms with Crippen molar-refractivity contribution in [3.05, 3.63) is 47.4 Å². The molecule has 7 heteroatoms. The van der Waals surface area contributed by atoms with Gasteiger partial charge >= 0.3 is 6.09 Å². The molecule has 1 aromatic carbocycles. The number of nitrogens with one attached hydrogen (secondary N) is 1. The molecular formula is C21H29ClN4O2. The van der Waals surface area contributed by atoms with Crippen LogP contribution in [0.3, 0.4) is 0 Å². The van der Waals surface area contributed by atoms with Crippen LogP contribution in [0.4, 0.5) is 4.79 Å². The number of ether oxygens (including phenoxy) is 1. The highest BCUT2D eigenvalue weighted by Crippen LogP contribution is 2.20. The fraction of sp³-hybridized carbons (Fsp3) is 0.476. The van der Waals surface area contributed by atoms with Gasteiger partial charge in [-0.3, -0.25) is 4.90 Å². The Labute approximate surface area is 172 Å². The van der Waals surface area contributed by atoms with Gasteiger partial charge in [0.2, 0.25) is 5.28 Å². The van der Waals surface area contributed by atoms with E-state index in [0.717, 1.165) is 37.3 Å². The lowest BCUT2D eigenvalue weighted by molar-refractivity contribution is 0.0525. The number of hydrogen-bond donors (Lipinski definition) is 1. The number of aromatic nitrogens is 2. The third kappa shape index (κ3) is 7.82. The second-order valence-corrected chi connectivity index (χ2v) is 7.90. The maximum atomic E-state index is 11.7. The Bertz CT molecular complexity index is 777. The highest BCUT2D eigenvalue weighted by molar-refractivity contribution is 6.28. The monoisotopic (exact) mass is 404 g/mol. The fourth-order valence-electron chi connectivity index (χ4n) is 2.74. The van der Waals surface area contributed by atoms with Gasteiger partial charge in [0, 0.05) is 31.4 Å². The molecule has 28 heavy (non-hydrogen) atoms. The van der Waals surface area contributed by atoms with Gasteiger partial charge in [-0.1, -0.05) is 25.1 Å². The molecule has 1 heterocycles. The van der Waals surface area contributed by atoms with E-state index >= 15 is 0 Å². The minimum Gasteiger partial charge on any atom is -0.444 e. The molecule has 0 saturated heterocycles. The first-order chi connectivity index (χ1) is 13.3. The van der Waals surface area contributed by atoms with Crippen LogP contribution < -0.4 is 5.32 Å². The zero-order valence-corrected chi connectivity index (χ0v) is 17.8. The summed E-state index contributed by atoms with van der Waals surface area (Å²) in [5.74, 6) is 0. The summed E-state index contributed by atoms with van der Waals surface area (Å²) < 4.78 is 5.25. The molecule has 1 aromatic heterocycles. The Balaban J connectivity index is 1.86. The van der Waals surface area contributed by atoms with Crippen LogP contribution >= 0.6 is 11.6 Å². The van der Waals surface area contributed by atoms with E-state index in [-0.39, 0.29) is 11.4 Å². The van der Waals surface area contributed by atoms with E-state index in [0.29, 0.717) is 6.54 Å². The maximum Gasteiger partial charge on any atom is 0.407 e. The molecule has 2 aromatic rings. The van der Waals surface area contributed by atoms with Crippen molar-refractivity contribution in [2.75, 3.05) is 19.6 Å². The van der Waals surface area contributed by atoms with Crippen LogP contribution in [0, 0.1) is 0 Å². The van der Waals surface area contributed by atoms with Crippen LogP contribution in [0.15, 0.2) is 36.5 Å². The van der Waals surface area contributed by atoms with Gasteiger partial charge in [-0.2, -0.15) is 0 Å². The van der Waals surface area contributed by atoms with Crippen molar-refractivity contribution in [3.63, 3.8) is 0 Å². The minimum atomic E-state index is -0.474. The highest BCUT2D eigenvalue weighted by Gasteiger charge is 2.15. The van der Waals surface area contributed by atoms with Crippen molar-refractivity contribution in [3.8, 4) is 11.3 Å². The quantitative estimate of drug-likeness (QED) is 0.517. The lowest BCUT2D eigenvalue weighted by Crippen LogP contribution is -2.34. The summed E-state index contributed by atoms with van der Waals surface area (Å²) in [5.41, 5.74) is 2.56. The molecule has 0 unspecified atom stereocenters. The molecule has 152 valence electrons. The van der Waals surface area contributed by atoms with Crippen molar-refractivity contribution in [1.29, 1.82) is 0 Å². The predicted molar refractivity (Wildman–Crippen MR) is 112 cm³/mol. The molecule has 0 atom stereocenters. The van der Waals surface area contributed by atoms with E-state index in [1.54, 1.807) is 6.20 Å². The lowest BCUT2D eigenvalue weighted by atomic mass is 10.1. The van der Waals surface area contributed by atoms with E-state index in [4.69, 9.17) is 16.3 Å². The Kier molecular flexibility index (Phi) is 8.20. The van der Waals surface area contributed by atoms with E-state index in [1.807, 2.05) is 39.0 Å². The summed E-state index contributed by atoms with van der Waals surface area (Å²) in [7, 11) is 0. The number of rotatable bonds is 8. The van der Waals surface area contributed by atoms with Crippen LogP contribution in [0.25, 0.3) is 11.3 Å². The molecule has 2 rings (SSSR count). The van der Waals surface area contributed by atoms with Crippen LogP contribution in [-0.4, -0.2) is 46.2 Å². The number of hydrogen-bond acceptors (Lipinski definition) is 5. The van der Waals surface area contributed by atoms with Gasteiger partial charge in [0.1, 0.15) is 5.60 Å². The smallest absolute Gasteiger partial charge is 0.407 e. The summed E-state index contributed by atoms with van der Waals surface area (Å²) >= 11 is 5.90. The van der Waals surface area contributed by atoms with Crippen LogP contribution in [0.5, 0.6) is 0 Å². The molecule has 0 aliphatic rings. The SMILES string of the molecule is CCN(CCCNC(=O)OC(C)(C)C)Cc1cccc(-c2ccnc(Cl)n2)c1. The topological polar surface area (TPSA) is 67.4 Å². The molecule has 0 saturated carbocycles. The first kappa shape index (κ1) is 22.1. The zero-order chi connectivity index (χ0) is 20.6. The third-order valence-corrected chi connectivity index (χ3v) is 4.20. The Morgan fingerprint density at radius 3 is 2.75 bits per heavy atom. The van der Waals surface area contributed by atoms with Gasteiger partial charge < -0.3 is 10.1 Å². The van der Waals surface area contributed by atoms with E-state index in [9.17, 15) is 4.79 Å². The van der Waals surface area contributed by atoms with Crippen molar-refractivity contribution >= 4 is 17.7 Å². The number of carbonyl (C=O) groups excluding carboxylic acids is 1. The van der Waals surface area contributed by atoms with Crippen molar-refractivity contribution in [2.24, 2.45) is 0 Å². The zero-order valence-electron chi connectivity index (χ0n) is 17.0. The summed E-state index contributed by atoms with van der Waals surface area (Å²) in [6.07, 6.45) is 2.15. The molecule has 1 amide bonds. The van der Waals surface area contributed by atoms with Gasteiger partial charge in [0.05, 0.1) is 5.69 Å². The van der Waals surface area contributed by atoms with Crippen LogP contribution in [0.1, 0.15) is 39.7 Å². The fourth-order valence-corrected chi connectivity index (χ4v) is 2.89. The molecule has 1 N–H and O–H groups in total. The van der Waals surface area contributed by atoms with Gasteiger partial charge in [-0.15, -0.1) is 0 Å². The standard InChI is InChI=1S/C21H29ClN4O2/c1-5-26(13-7-11-24-20(27)28-21(2,3)4)15-16-8-6-9-17(14-16)18-10-12-23-19(22)25-18/h6,8-10,12,14H,5,7,11,13,15H2,1-4H3,(H,24,27). The average Bonchev–Trinajstić information content (AvgIpc) is 2.63. The molecule has 0 spiro atoms. The van der Waals surface area contributed by atoms with Gasteiger partial charge in [0.25, 0.3) is 0 Å². The van der Waals surface area contributed by atoms with Crippen LogP contribution in [-0.2, 0) is 11.3 Å². The van der Waals surface area contributed by atoms with Crippen LogP contribution in [0.2, 0.25) is 5.28 Å². The largest absolute Gasteiger partial charge is 0.444 e. The molecule has 0 fully saturated rings. The second-order valence-electron chi connectivity index (χ2n) is 7.56. The summed E-state index contributed by atoms with van der Waals surface area (Å²) in [5, 5.41) is 3.05. The predicted octanol–water partition coefficient (Wildman–Crippen LogP) is 4.53. The van der Waals surface area contributed by atoms with Crippen molar-refractivity contribution in [1.82, 2.24) is 20.2 Å². The Hall–Kier alpha value is -2.18. The highest BCUT2D eigenvalue weighted by atomic mass is 35.5. The lowest BCUT2D eigenvalue weighted by Gasteiger charge is -2.22. The Morgan fingerprint density at radius 2 is 2.07 bits per heavy atom. The molecule has 0 aliphatic heterocycles. The number of amides is 1. The third-order valence-electron chi connectivity index (χ3n) is 4.02. The average molecular weight is 405 g/mol. The van der Waals surface area contributed by atoms with Gasteiger partial charge in [-0.05, 0) is 63.0 Å². The molecule has 0 bridgehead atoms. The number of halogens is 1. The second kappa shape index (κ2) is 10.4. The Morgan fingerprint density at radius 1 is 1.29 bits per heavy atom. The van der Waals surface area contributed by atoms with E-state index < -0.39 is 5.60 Å². The number of benzene rings is 1. The number of carbonyl (C=O) groups is 1. The first-order valence-corrected chi connectivity index (χ1v) is 9.91. The maximum absolute atomic E-state index is 11.7. The number of alkyl carbamates (subject to hydrolysis) is 1. The summed E-state index contributed by atoms with van der Waals surface area (Å²) in [6.45, 7) is 10.9. The molecule has 0 aliphatic carbocycles. The van der Waals surface area contributed by atoms with Gasteiger partial charge in [-0.25, -0.2) is 14.8 Å². The summed E-state index contributed by atoms with van der Waals surface area (Å²) in [6, 6.07) is 10.1. The van der Waals surface area contributed by atoms with E-state index in [2.05, 4.69) is 39.2 Å².